The highest BCUT2D eigenvalue weighted by Crippen LogP contribution is 2.58. The van der Waals surface area contributed by atoms with Crippen LogP contribution in [-0.4, -0.2) is 0 Å². The van der Waals surface area contributed by atoms with Crippen molar-refractivity contribution >= 4 is 45.4 Å². The smallest absolute Gasteiger partial charge is 0.0560 e. The number of hydrogen-bond donors (Lipinski definition) is 1. The van der Waals surface area contributed by atoms with Crippen molar-refractivity contribution < 1.29 is 0 Å². The Balaban J connectivity index is 1.50. The highest BCUT2D eigenvalue weighted by molar-refractivity contribution is 14.1. The fraction of sp³-hybridized carbons (Fsp3) is 0.268. The summed E-state index contributed by atoms with van der Waals surface area (Å²) in [6, 6.07) is 38.4. The number of allylic oxidation sites excluding steroid dienone is 1. The lowest BCUT2D eigenvalue weighted by atomic mass is 9.67. The van der Waals surface area contributed by atoms with E-state index in [9.17, 15) is 0 Å². The van der Waals surface area contributed by atoms with E-state index in [1.165, 1.54) is 89.1 Å². The number of nitrogens with one attached hydrogen (secondary N) is 1. The Kier molecular flexibility index (Phi) is 7.67. The van der Waals surface area contributed by atoms with E-state index in [0.29, 0.717) is 0 Å². The maximum atomic E-state index is 3.26. The second kappa shape index (κ2) is 11.6. The maximum Gasteiger partial charge on any atom is 0.0560 e. The van der Waals surface area contributed by atoms with Crippen molar-refractivity contribution in [2.45, 2.75) is 69.6 Å². The number of fused-ring (bicyclic) bond motifs is 7. The standard InChI is InChI=1S/C41H40IN/c1-29-33-17-9-10-18-35(33)38-36-19-11-12-20-37(36)41(26-13-4-3-5-14-27-41)39(38)34(29)25-28-40(2,30-15-7-6-8-16-30)31-21-23-32(43-42)24-22-31/h6-12,15-25,28,43H,3-5,13-14,26-27H2,1-2H3/b28-25-. The molecule has 0 amide bonds. The largest absolute Gasteiger partial charge is 0.328 e. The molecule has 0 bridgehead atoms. The van der Waals surface area contributed by atoms with Gasteiger partial charge in [0.2, 0.25) is 0 Å². The van der Waals surface area contributed by atoms with Crippen molar-refractivity contribution in [2.75, 3.05) is 3.53 Å². The lowest BCUT2D eigenvalue weighted by Gasteiger charge is -2.36. The predicted octanol–water partition coefficient (Wildman–Crippen LogP) is 11.9. The summed E-state index contributed by atoms with van der Waals surface area (Å²) in [6.07, 6.45) is 14.1. The third-order valence-corrected chi connectivity index (χ3v) is 11.1. The van der Waals surface area contributed by atoms with Crippen molar-refractivity contribution in [3.8, 4) is 11.1 Å². The lowest BCUT2D eigenvalue weighted by molar-refractivity contribution is 0.373. The second-order valence-corrected chi connectivity index (χ2v) is 13.3. The molecule has 43 heavy (non-hydrogen) atoms. The van der Waals surface area contributed by atoms with Crippen LogP contribution in [0.3, 0.4) is 0 Å². The molecule has 0 aromatic heterocycles. The summed E-state index contributed by atoms with van der Waals surface area (Å²) in [5.41, 5.74) is 12.4. The molecule has 5 aromatic carbocycles. The van der Waals surface area contributed by atoms with Crippen LogP contribution >= 0.6 is 22.9 Å². The summed E-state index contributed by atoms with van der Waals surface area (Å²) in [7, 11) is 0. The summed E-state index contributed by atoms with van der Waals surface area (Å²) >= 11 is 2.21. The molecule has 0 radical (unpaired) electrons. The number of rotatable bonds is 5. The van der Waals surface area contributed by atoms with Gasteiger partial charge in [-0.05, 0) is 94.1 Å². The number of aryl methyl sites for hydroxylation is 1. The van der Waals surface area contributed by atoms with Crippen molar-refractivity contribution in [2.24, 2.45) is 0 Å². The van der Waals surface area contributed by atoms with Crippen LogP contribution in [0.1, 0.15) is 85.3 Å². The molecule has 0 saturated heterocycles. The zero-order chi connectivity index (χ0) is 29.4. The first-order valence-corrected chi connectivity index (χ1v) is 17.0. The highest BCUT2D eigenvalue weighted by atomic mass is 127. The summed E-state index contributed by atoms with van der Waals surface area (Å²) in [5.74, 6) is 0. The molecule has 1 saturated carbocycles. The Hall–Kier alpha value is -3.37. The van der Waals surface area contributed by atoms with Gasteiger partial charge in [0.15, 0.2) is 0 Å². The Morgan fingerprint density at radius 1 is 0.698 bits per heavy atom. The topological polar surface area (TPSA) is 12.0 Å². The van der Waals surface area contributed by atoms with E-state index in [1.54, 1.807) is 11.1 Å². The fourth-order valence-electron chi connectivity index (χ4n) is 8.17. The van der Waals surface area contributed by atoms with Crippen molar-refractivity contribution in [1.82, 2.24) is 0 Å². The van der Waals surface area contributed by atoms with Crippen molar-refractivity contribution in [3.63, 3.8) is 0 Å². The SMILES string of the molecule is Cc1c(/C=C\C(C)(c2ccccc2)c2ccc(NI)cc2)c2c(c3ccccc13)-c1ccccc1C21CCCCCCC1. The Bertz CT molecular complexity index is 1790. The molecular weight excluding hydrogens is 633 g/mol. The van der Waals surface area contributed by atoms with Gasteiger partial charge in [-0.1, -0.05) is 135 Å². The van der Waals surface area contributed by atoms with E-state index < -0.39 is 0 Å². The summed E-state index contributed by atoms with van der Waals surface area (Å²) in [6.45, 7) is 4.74. The monoisotopic (exact) mass is 673 g/mol. The van der Waals surface area contributed by atoms with Gasteiger partial charge in [0, 0.05) is 16.5 Å². The fourth-order valence-corrected chi connectivity index (χ4v) is 8.53. The molecule has 2 aliphatic carbocycles. The Labute approximate surface area is 270 Å². The van der Waals surface area contributed by atoms with Gasteiger partial charge in [-0.25, -0.2) is 0 Å². The van der Waals surface area contributed by atoms with Gasteiger partial charge in [0.05, 0.1) is 22.9 Å². The Morgan fingerprint density at radius 3 is 2.02 bits per heavy atom. The van der Waals surface area contributed by atoms with E-state index in [-0.39, 0.29) is 10.8 Å². The molecule has 216 valence electrons. The number of benzene rings is 5. The molecule has 0 aliphatic heterocycles. The second-order valence-electron chi connectivity index (χ2n) is 12.8. The van der Waals surface area contributed by atoms with Crippen LogP contribution < -0.4 is 3.53 Å². The zero-order valence-electron chi connectivity index (χ0n) is 25.3. The van der Waals surface area contributed by atoms with E-state index in [0.717, 1.165) is 5.69 Å². The van der Waals surface area contributed by atoms with E-state index >= 15 is 0 Å². The minimum absolute atomic E-state index is 0.0670. The number of hydrogen-bond acceptors (Lipinski definition) is 1. The molecule has 1 spiro atoms. The van der Waals surface area contributed by atoms with E-state index in [4.69, 9.17) is 0 Å². The van der Waals surface area contributed by atoms with Crippen molar-refractivity contribution in [3.05, 3.63) is 143 Å². The van der Waals surface area contributed by atoms with Crippen molar-refractivity contribution in [1.29, 1.82) is 0 Å². The molecule has 1 fully saturated rings. The van der Waals surface area contributed by atoms with E-state index in [2.05, 4.69) is 156 Å². The van der Waals surface area contributed by atoms with Gasteiger partial charge in [0.1, 0.15) is 0 Å². The summed E-state index contributed by atoms with van der Waals surface area (Å²) in [4.78, 5) is 0. The van der Waals surface area contributed by atoms with Crippen LogP contribution in [0.5, 0.6) is 0 Å². The van der Waals surface area contributed by atoms with Gasteiger partial charge in [-0.15, -0.1) is 0 Å². The molecule has 7 rings (SSSR count). The first kappa shape index (κ1) is 28.4. The molecule has 5 aromatic rings. The number of halogens is 1. The molecule has 2 heteroatoms. The van der Waals surface area contributed by atoms with Gasteiger partial charge in [0.25, 0.3) is 0 Å². The van der Waals surface area contributed by atoms with Gasteiger partial charge in [-0.3, -0.25) is 0 Å². The first-order chi connectivity index (χ1) is 21.1. The molecule has 1 N–H and O–H groups in total. The predicted molar refractivity (Wildman–Crippen MR) is 193 cm³/mol. The van der Waals surface area contributed by atoms with Crippen LogP contribution in [0.15, 0.2) is 109 Å². The molecule has 1 unspecified atom stereocenters. The third kappa shape index (κ3) is 4.73. The van der Waals surface area contributed by atoms with Gasteiger partial charge in [-0.2, -0.15) is 0 Å². The minimum atomic E-state index is -0.282. The van der Waals surface area contributed by atoms with Crippen LogP contribution in [0.25, 0.3) is 28.0 Å². The molecular formula is C41H40IN. The number of anilines is 1. The summed E-state index contributed by atoms with van der Waals surface area (Å²) < 4.78 is 3.26. The van der Waals surface area contributed by atoms with Crippen LogP contribution in [0.4, 0.5) is 5.69 Å². The molecule has 0 heterocycles. The summed E-state index contributed by atoms with van der Waals surface area (Å²) in [5, 5.41) is 2.78. The highest BCUT2D eigenvalue weighted by Gasteiger charge is 2.45. The van der Waals surface area contributed by atoms with E-state index in [1.807, 2.05) is 0 Å². The zero-order valence-corrected chi connectivity index (χ0v) is 27.5. The van der Waals surface area contributed by atoms with Gasteiger partial charge < -0.3 is 3.53 Å². The van der Waals surface area contributed by atoms with Crippen LogP contribution in [-0.2, 0) is 10.8 Å². The Morgan fingerprint density at radius 2 is 1.30 bits per heavy atom. The third-order valence-electron chi connectivity index (χ3n) is 10.5. The van der Waals surface area contributed by atoms with Crippen LogP contribution in [0, 0.1) is 6.92 Å². The lowest BCUT2D eigenvalue weighted by Crippen LogP contribution is -2.28. The maximum absolute atomic E-state index is 3.26. The molecule has 1 nitrogen and oxygen atoms in total. The first-order valence-electron chi connectivity index (χ1n) is 15.9. The molecule has 2 aliphatic rings. The van der Waals surface area contributed by atoms with Gasteiger partial charge >= 0.3 is 0 Å². The quantitative estimate of drug-likeness (QED) is 0.145. The average Bonchev–Trinajstić information content (AvgIpc) is 3.33. The minimum Gasteiger partial charge on any atom is -0.328 e. The average molecular weight is 674 g/mol. The van der Waals surface area contributed by atoms with Crippen LogP contribution in [0.2, 0.25) is 0 Å². The molecule has 1 atom stereocenters. The normalized spacial score (nSPS) is 17.3.